The molecule has 1 aromatic carbocycles. The second-order valence-corrected chi connectivity index (χ2v) is 2.95. The Labute approximate surface area is 79.8 Å². The minimum Gasteiger partial charge on any atom is -0.326 e. The summed E-state index contributed by atoms with van der Waals surface area (Å²) in [5.74, 6) is -0.0560. The normalized spacial score (nSPS) is 9.69. The minimum atomic E-state index is -0.0560. The molecule has 2 radical (unpaired) electrons. The van der Waals surface area contributed by atoms with Crippen LogP contribution in [0.25, 0.3) is 0 Å². The van der Waals surface area contributed by atoms with Crippen molar-refractivity contribution in [3.63, 3.8) is 0 Å². The van der Waals surface area contributed by atoms with Crippen LogP contribution in [0, 0.1) is 0 Å². The Morgan fingerprint density at radius 1 is 1.54 bits per heavy atom. The summed E-state index contributed by atoms with van der Waals surface area (Å²) in [6, 6.07) is 5.49. The van der Waals surface area contributed by atoms with E-state index < -0.39 is 0 Å². The lowest BCUT2D eigenvalue weighted by atomic mass is 9.93. The highest BCUT2D eigenvalue weighted by Gasteiger charge is 2.01. The number of hydrogen-bond donors (Lipinski definition) is 1. The van der Waals surface area contributed by atoms with Crippen LogP contribution >= 0.6 is 0 Å². The lowest BCUT2D eigenvalue weighted by Crippen LogP contribution is -2.11. The Morgan fingerprint density at radius 2 is 2.23 bits per heavy atom. The van der Waals surface area contributed by atoms with E-state index in [-0.39, 0.29) is 5.91 Å². The van der Waals surface area contributed by atoms with Crippen LogP contribution < -0.4 is 10.8 Å². The third kappa shape index (κ3) is 2.62. The van der Waals surface area contributed by atoms with Gasteiger partial charge in [-0.25, -0.2) is 0 Å². The fourth-order valence-corrected chi connectivity index (χ4v) is 1.22. The van der Waals surface area contributed by atoms with Gasteiger partial charge in [0.2, 0.25) is 5.91 Å². The maximum Gasteiger partial charge on any atom is 0.221 e. The molecule has 13 heavy (non-hydrogen) atoms. The second-order valence-electron chi connectivity index (χ2n) is 2.95. The van der Waals surface area contributed by atoms with Crippen molar-refractivity contribution in [2.75, 3.05) is 5.32 Å². The summed E-state index contributed by atoms with van der Waals surface area (Å²) < 4.78 is 0. The van der Waals surface area contributed by atoms with Gasteiger partial charge in [-0.15, -0.1) is 0 Å². The molecule has 0 atom stereocenters. The Morgan fingerprint density at radius 3 is 2.77 bits per heavy atom. The summed E-state index contributed by atoms with van der Waals surface area (Å²) in [5, 5.41) is 2.76. The molecule has 1 N–H and O–H groups in total. The molecule has 0 bridgehead atoms. The number of nitrogens with one attached hydrogen (secondary N) is 1. The number of carbonyl (C=O) groups excluding carboxylic acids is 1. The molecule has 0 unspecified atom stereocenters. The van der Waals surface area contributed by atoms with E-state index in [0.717, 1.165) is 23.1 Å². The number of aryl methyl sites for hydroxylation is 1. The SMILES string of the molecule is [B]c1ccc(NC(C)=O)c(CC)c1. The number of hydrogen-bond acceptors (Lipinski definition) is 1. The highest BCUT2D eigenvalue weighted by atomic mass is 16.1. The highest BCUT2D eigenvalue weighted by Crippen LogP contribution is 2.13. The molecule has 0 fully saturated rings. The molecule has 0 saturated carbocycles. The quantitative estimate of drug-likeness (QED) is 0.664. The van der Waals surface area contributed by atoms with Gasteiger partial charge in [0.05, 0.1) is 0 Å². The van der Waals surface area contributed by atoms with Crippen molar-refractivity contribution < 1.29 is 4.79 Å². The van der Waals surface area contributed by atoms with E-state index in [0.29, 0.717) is 0 Å². The summed E-state index contributed by atoms with van der Waals surface area (Å²) in [5.41, 5.74) is 2.64. The smallest absolute Gasteiger partial charge is 0.221 e. The molecular formula is C10H12BNO. The summed E-state index contributed by atoms with van der Waals surface area (Å²) in [7, 11) is 5.62. The van der Waals surface area contributed by atoms with Crippen molar-refractivity contribution in [2.24, 2.45) is 0 Å². The van der Waals surface area contributed by atoms with Crippen LogP contribution in [-0.4, -0.2) is 13.8 Å². The van der Waals surface area contributed by atoms with Gasteiger partial charge in [-0.05, 0) is 18.1 Å². The van der Waals surface area contributed by atoms with Gasteiger partial charge in [0.1, 0.15) is 7.85 Å². The van der Waals surface area contributed by atoms with Crippen LogP contribution in [0.15, 0.2) is 18.2 Å². The van der Waals surface area contributed by atoms with Crippen molar-refractivity contribution in [2.45, 2.75) is 20.3 Å². The molecule has 0 aliphatic rings. The predicted molar refractivity (Wildman–Crippen MR) is 55.5 cm³/mol. The summed E-state index contributed by atoms with van der Waals surface area (Å²) >= 11 is 0. The van der Waals surface area contributed by atoms with Crippen LogP contribution in [-0.2, 0) is 11.2 Å². The zero-order chi connectivity index (χ0) is 9.84. The van der Waals surface area contributed by atoms with Gasteiger partial charge in [0.15, 0.2) is 0 Å². The summed E-state index contributed by atoms with van der Waals surface area (Å²) in [4.78, 5) is 10.8. The fourth-order valence-electron chi connectivity index (χ4n) is 1.22. The first-order valence-corrected chi connectivity index (χ1v) is 4.29. The molecule has 0 aliphatic heterocycles. The number of amides is 1. The Hall–Kier alpha value is -1.25. The molecule has 0 aliphatic carbocycles. The van der Waals surface area contributed by atoms with Gasteiger partial charge in [-0.3, -0.25) is 4.79 Å². The molecule has 66 valence electrons. The largest absolute Gasteiger partial charge is 0.326 e. The third-order valence-electron chi connectivity index (χ3n) is 1.82. The first kappa shape index (κ1) is 9.84. The molecule has 1 rings (SSSR count). The van der Waals surface area contributed by atoms with Gasteiger partial charge < -0.3 is 5.32 Å². The van der Waals surface area contributed by atoms with Crippen molar-refractivity contribution in [3.05, 3.63) is 23.8 Å². The van der Waals surface area contributed by atoms with Crippen LogP contribution in [0.3, 0.4) is 0 Å². The van der Waals surface area contributed by atoms with E-state index >= 15 is 0 Å². The van der Waals surface area contributed by atoms with Gasteiger partial charge in [0.25, 0.3) is 0 Å². The van der Waals surface area contributed by atoms with Crippen molar-refractivity contribution in [3.8, 4) is 0 Å². The van der Waals surface area contributed by atoms with E-state index in [1.807, 2.05) is 19.1 Å². The predicted octanol–water partition coefficient (Wildman–Crippen LogP) is 1.00. The van der Waals surface area contributed by atoms with E-state index in [2.05, 4.69) is 5.32 Å². The van der Waals surface area contributed by atoms with Crippen molar-refractivity contribution in [1.82, 2.24) is 0 Å². The van der Waals surface area contributed by atoms with E-state index in [9.17, 15) is 4.79 Å². The van der Waals surface area contributed by atoms with Gasteiger partial charge in [0, 0.05) is 12.6 Å². The zero-order valence-corrected chi connectivity index (χ0v) is 7.92. The fraction of sp³-hybridized carbons (Fsp3) is 0.300. The Kier molecular flexibility index (Phi) is 3.12. The molecule has 0 heterocycles. The third-order valence-corrected chi connectivity index (χ3v) is 1.82. The average molecular weight is 173 g/mol. The second kappa shape index (κ2) is 4.12. The number of rotatable bonds is 2. The zero-order valence-electron chi connectivity index (χ0n) is 7.92. The van der Waals surface area contributed by atoms with Crippen molar-refractivity contribution in [1.29, 1.82) is 0 Å². The van der Waals surface area contributed by atoms with Crippen LogP contribution in [0.5, 0.6) is 0 Å². The maximum atomic E-state index is 10.8. The standard InChI is InChI=1S/C10H12BNO/c1-3-8-6-9(11)4-5-10(8)12-7(2)13/h4-6H,3H2,1-2H3,(H,12,13). The first-order chi connectivity index (χ1) is 6.13. The van der Waals surface area contributed by atoms with Gasteiger partial charge in [-0.2, -0.15) is 0 Å². The number of anilines is 1. The highest BCUT2D eigenvalue weighted by molar-refractivity contribution is 6.32. The van der Waals surface area contributed by atoms with Crippen LogP contribution in [0.1, 0.15) is 19.4 Å². The molecule has 2 nitrogen and oxygen atoms in total. The van der Waals surface area contributed by atoms with E-state index in [4.69, 9.17) is 7.85 Å². The maximum absolute atomic E-state index is 10.8. The Balaban J connectivity index is 2.99. The minimum absolute atomic E-state index is 0.0560. The topological polar surface area (TPSA) is 29.1 Å². The Bertz CT molecular complexity index is 323. The first-order valence-electron chi connectivity index (χ1n) is 4.29. The lowest BCUT2D eigenvalue weighted by Gasteiger charge is -2.08. The monoisotopic (exact) mass is 173 g/mol. The molecule has 1 aromatic rings. The summed E-state index contributed by atoms with van der Waals surface area (Å²) in [6.45, 7) is 3.52. The number of carbonyl (C=O) groups is 1. The molecule has 1 amide bonds. The average Bonchev–Trinajstić information content (AvgIpc) is 2.07. The van der Waals surface area contributed by atoms with Gasteiger partial charge >= 0.3 is 0 Å². The van der Waals surface area contributed by atoms with E-state index in [1.165, 1.54) is 6.92 Å². The molecular weight excluding hydrogens is 161 g/mol. The van der Waals surface area contributed by atoms with Gasteiger partial charge in [-0.1, -0.05) is 24.5 Å². The number of benzene rings is 1. The molecule has 3 heteroatoms. The molecule has 0 aromatic heterocycles. The van der Waals surface area contributed by atoms with Crippen molar-refractivity contribution >= 4 is 24.9 Å². The summed E-state index contributed by atoms with van der Waals surface area (Å²) in [6.07, 6.45) is 0.862. The molecule has 0 saturated heterocycles. The molecule has 0 spiro atoms. The van der Waals surface area contributed by atoms with Crippen LogP contribution in [0.2, 0.25) is 0 Å². The van der Waals surface area contributed by atoms with E-state index in [1.54, 1.807) is 6.07 Å². The lowest BCUT2D eigenvalue weighted by molar-refractivity contribution is -0.114. The van der Waals surface area contributed by atoms with Crippen LogP contribution in [0.4, 0.5) is 5.69 Å².